The Balaban J connectivity index is 1.66. The minimum atomic E-state index is -0.282. The summed E-state index contributed by atoms with van der Waals surface area (Å²) in [6.07, 6.45) is 1.16. The molecule has 0 heterocycles. The van der Waals surface area contributed by atoms with E-state index >= 15 is 0 Å². The van der Waals surface area contributed by atoms with Crippen molar-refractivity contribution in [2.45, 2.75) is 12.8 Å². The molecule has 0 aromatic heterocycles. The van der Waals surface area contributed by atoms with Crippen LogP contribution >= 0.6 is 11.6 Å². The van der Waals surface area contributed by atoms with Crippen LogP contribution in [0.4, 0.5) is 10.1 Å². The molecule has 146 valence electrons. The standard InChI is InChI=1S/C20H24ClFN2O3/c1-24(11-3-13-27-17-7-5-16(22)6-8-17)12-10-20(25)23-18-14-15(21)4-9-19(18)26-2/h4-9,14H,3,10-13H2,1-2H3,(H,23,25). The van der Waals surface area contributed by atoms with Crippen LogP contribution in [0.3, 0.4) is 0 Å². The number of hydrogen-bond acceptors (Lipinski definition) is 4. The molecule has 0 aliphatic rings. The third-order valence-electron chi connectivity index (χ3n) is 3.92. The van der Waals surface area contributed by atoms with Crippen LogP contribution in [-0.2, 0) is 4.79 Å². The molecule has 0 atom stereocenters. The van der Waals surface area contributed by atoms with Crippen molar-refractivity contribution in [3.05, 3.63) is 53.3 Å². The van der Waals surface area contributed by atoms with Crippen LogP contribution in [0.5, 0.6) is 11.5 Å². The van der Waals surface area contributed by atoms with Crippen molar-refractivity contribution in [1.82, 2.24) is 4.90 Å². The van der Waals surface area contributed by atoms with E-state index in [0.717, 1.165) is 13.0 Å². The number of benzene rings is 2. The molecule has 0 fully saturated rings. The van der Waals surface area contributed by atoms with Gasteiger partial charge in [-0.3, -0.25) is 4.79 Å². The fourth-order valence-electron chi connectivity index (χ4n) is 2.45. The molecule has 2 aromatic carbocycles. The zero-order valence-electron chi connectivity index (χ0n) is 15.5. The molecular formula is C20H24ClFN2O3. The summed E-state index contributed by atoms with van der Waals surface area (Å²) in [6, 6.07) is 11.0. The van der Waals surface area contributed by atoms with Gasteiger partial charge < -0.3 is 19.7 Å². The Hall–Kier alpha value is -2.31. The molecule has 5 nitrogen and oxygen atoms in total. The Kier molecular flexibility index (Phi) is 8.36. The van der Waals surface area contributed by atoms with Gasteiger partial charge in [-0.15, -0.1) is 0 Å². The van der Waals surface area contributed by atoms with Crippen molar-refractivity contribution < 1.29 is 18.7 Å². The number of halogens is 2. The van der Waals surface area contributed by atoms with E-state index in [4.69, 9.17) is 21.1 Å². The van der Waals surface area contributed by atoms with Crippen LogP contribution in [0, 0.1) is 5.82 Å². The van der Waals surface area contributed by atoms with Crippen LogP contribution in [-0.4, -0.2) is 44.7 Å². The van der Waals surface area contributed by atoms with E-state index in [9.17, 15) is 9.18 Å². The summed E-state index contributed by atoms with van der Waals surface area (Å²) in [5.41, 5.74) is 0.561. The molecule has 1 N–H and O–H groups in total. The maximum absolute atomic E-state index is 12.8. The predicted octanol–water partition coefficient (Wildman–Crippen LogP) is 4.22. The Bertz CT molecular complexity index is 741. The fourth-order valence-corrected chi connectivity index (χ4v) is 2.62. The highest BCUT2D eigenvalue weighted by Gasteiger charge is 2.09. The van der Waals surface area contributed by atoms with Gasteiger partial charge in [0.15, 0.2) is 0 Å². The average molecular weight is 395 g/mol. The van der Waals surface area contributed by atoms with Crippen LogP contribution in [0.15, 0.2) is 42.5 Å². The number of carbonyl (C=O) groups is 1. The van der Waals surface area contributed by atoms with E-state index in [1.807, 2.05) is 7.05 Å². The third-order valence-corrected chi connectivity index (χ3v) is 4.16. The summed E-state index contributed by atoms with van der Waals surface area (Å²) in [5.74, 6) is 0.827. The van der Waals surface area contributed by atoms with Gasteiger partial charge in [-0.25, -0.2) is 4.39 Å². The van der Waals surface area contributed by atoms with Crippen molar-refractivity contribution >= 4 is 23.2 Å². The first kappa shape index (κ1) is 21.0. The molecule has 0 radical (unpaired) electrons. The van der Waals surface area contributed by atoms with Crippen molar-refractivity contribution in [2.24, 2.45) is 0 Å². The Morgan fingerprint density at radius 1 is 1.19 bits per heavy atom. The van der Waals surface area contributed by atoms with Crippen LogP contribution in [0.1, 0.15) is 12.8 Å². The molecule has 0 aliphatic heterocycles. The molecule has 1 amide bonds. The normalized spacial score (nSPS) is 10.7. The van der Waals surface area contributed by atoms with Crippen LogP contribution in [0.2, 0.25) is 5.02 Å². The van der Waals surface area contributed by atoms with E-state index in [1.165, 1.54) is 12.1 Å². The lowest BCUT2D eigenvalue weighted by molar-refractivity contribution is -0.116. The smallest absolute Gasteiger partial charge is 0.225 e. The van der Waals surface area contributed by atoms with Gasteiger partial charge in [0.05, 0.1) is 19.4 Å². The fraction of sp³-hybridized carbons (Fsp3) is 0.350. The minimum Gasteiger partial charge on any atom is -0.495 e. The summed E-state index contributed by atoms with van der Waals surface area (Å²) >= 11 is 5.96. The SMILES string of the molecule is COc1ccc(Cl)cc1NC(=O)CCN(C)CCCOc1ccc(F)cc1. The first-order valence-corrected chi connectivity index (χ1v) is 9.06. The maximum Gasteiger partial charge on any atom is 0.225 e. The van der Waals surface area contributed by atoms with Gasteiger partial charge in [0.1, 0.15) is 17.3 Å². The van der Waals surface area contributed by atoms with Crippen molar-refractivity contribution in [1.29, 1.82) is 0 Å². The van der Waals surface area contributed by atoms with Gasteiger partial charge in [-0.05, 0) is 55.9 Å². The Morgan fingerprint density at radius 3 is 2.63 bits per heavy atom. The van der Waals surface area contributed by atoms with E-state index in [1.54, 1.807) is 37.4 Å². The number of nitrogens with zero attached hydrogens (tertiary/aromatic N) is 1. The van der Waals surface area contributed by atoms with Gasteiger partial charge >= 0.3 is 0 Å². The van der Waals surface area contributed by atoms with Crippen molar-refractivity contribution in [2.75, 3.05) is 39.2 Å². The topological polar surface area (TPSA) is 50.8 Å². The molecule has 0 saturated carbocycles. The molecule has 2 aromatic rings. The molecule has 0 spiro atoms. The summed E-state index contributed by atoms with van der Waals surface area (Å²) in [7, 11) is 3.49. The monoisotopic (exact) mass is 394 g/mol. The molecule has 0 saturated heterocycles. The largest absolute Gasteiger partial charge is 0.495 e. The quantitative estimate of drug-likeness (QED) is 0.613. The Morgan fingerprint density at radius 2 is 1.93 bits per heavy atom. The number of amides is 1. The number of ether oxygens (including phenoxy) is 2. The maximum atomic E-state index is 12.8. The van der Waals surface area contributed by atoms with Gasteiger partial charge in [-0.1, -0.05) is 11.6 Å². The first-order valence-electron chi connectivity index (χ1n) is 8.68. The molecule has 0 unspecified atom stereocenters. The van der Waals surface area contributed by atoms with Gasteiger partial charge in [0, 0.05) is 24.5 Å². The lowest BCUT2D eigenvalue weighted by atomic mass is 10.2. The zero-order valence-corrected chi connectivity index (χ0v) is 16.3. The van der Waals surface area contributed by atoms with E-state index in [0.29, 0.717) is 41.8 Å². The molecule has 7 heteroatoms. The van der Waals surface area contributed by atoms with Gasteiger partial charge in [-0.2, -0.15) is 0 Å². The van der Waals surface area contributed by atoms with Gasteiger partial charge in [0.25, 0.3) is 0 Å². The predicted molar refractivity (Wildman–Crippen MR) is 105 cm³/mol. The number of rotatable bonds is 10. The van der Waals surface area contributed by atoms with E-state index in [2.05, 4.69) is 10.2 Å². The van der Waals surface area contributed by atoms with Gasteiger partial charge in [0.2, 0.25) is 5.91 Å². The van der Waals surface area contributed by atoms with Crippen molar-refractivity contribution in [3.8, 4) is 11.5 Å². The summed E-state index contributed by atoms with van der Waals surface area (Å²) < 4.78 is 23.6. The number of anilines is 1. The highest BCUT2D eigenvalue weighted by Crippen LogP contribution is 2.27. The Labute approximate surface area is 164 Å². The third kappa shape index (κ3) is 7.45. The second-order valence-corrected chi connectivity index (χ2v) is 6.54. The molecular weight excluding hydrogens is 371 g/mol. The first-order chi connectivity index (χ1) is 13.0. The highest BCUT2D eigenvalue weighted by molar-refractivity contribution is 6.31. The minimum absolute atomic E-state index is 0.107. The second-order valence-electron chi connectivity index (χ2n) is 6.10. The zero-order chi connectivity index (χ0) is 19.6. The number of methoxy groups -OCH3 is 1. The molecule has 0 bridgehead atoms. The summed E-state index contributed by atoms with van der Waals surface area (Å²) in [4.78, 5) is 14.2. The summed E-state index contributed by atoms with van der Waals surface area (Å²) in [5, 5.41) is 3.35. The number of hydrogen-bond donors (Lipinski definition) is 1. The molecule has 27 heavy (non-hydrogen) atoms. The lowest BCUT2D eigenvalue weighted by Crippen LogP contribution is -2.26. The number of nitrogens with one attached hydrogen (secondary N) is 1. The highest BCUT2D eigenvalue weighted by atomic mass is 35.5. The van der Waals surface area contributed by atoms with Crippen LogP contribution < -0.4 is 14.8 Å². The van der Waals surface area contributed by atoms with Crippen molar-refractivity contribution in [3.63, 3.8) is 0 Å². The second kappa shape index (κ2) is 10.7. The number of carbonyl (C=O) groups excluding carboxylic acids is 1. The van der Waals surface area contributed by atoms with Crippen LogP contribution in [0.25, 0.3) is 0 Å². The van der Waals surface area contributed by atoms with E-state index in [-0.39, 0.29) is 11.7 Å². The average Bonchev–Trinajstić information content (AvgIpc) is 2.65. The molecule has 0 aliphatic carbocycles. The molecule has 2 rings (SSSR count). The lowest BCUT2D eigenvalue weighted by Gasteiger charge is -2.17. The summed E-state index contributed by atoms with van der Waals surface area (Å²) in [6.45, 7) is 1.93. The van der Waals surface area contributed by atoms with E-state index < -0.39 is 0 Å².